The molecule has 1 aliphatic heterocycles. The third-order valence-corrected chi connectivity index (χ3v) is 4.19. The van der Waals surface area contributed by atoms with Gasteiger partial charge >= 0.3 is 0 Å². The zero-order chi connectivity index (χ0) is 16.9. The molecular formula is C18H31Cl3N6O. The van der Waals surface area contributed by atoms with Crippen molar-refractivity contribution in [3.8, 4) is 0 Å². The molecule has 160 valence electrons. The van der Waals surface area contributed by atoms with E-state index in [1.165, 1.54) is 5.56 Å². The monoisotopic (exact) mass is 452 g/mol. The zero-order valence-corrected chi connectivity index (χ0v) is 18.6. The number of halogens is 3. The van der Waals surface area contributed by atoms with Gasteiger partial charge in [-0.05, 0) is 18.4 Å². The molecule has 2 aromatic rings. The van der Waals surface area contributed by atoms with E-state index in [1.54, 1.807) is 0 Å². The lowest BCUT2D eigenvalue weighted by molar-refractivity contribution is 0.726. The predicted octanol–water partition coefficient (Wildman–Crippen LogP) is 3.70. The second kappa shape index (κ2) is 13.5. The number of nitrogens with one attached hydrogen (secondary N) is 2. The van der Waals surface area contributed by atoms with E-state index in [0.717, 1.165) is 49.8 Å². The minimum absolute atomic E-state index is 0. The second-order valence-corrected chi connectivity index (χ2v) is 6.10. The summed E-state index contributed by atoms with van der Waals surface area (Å²) < 4.78 is 0. The van der Waals surface area contributed by atoms with E-state index in [-0.39, 0.29) is 48.7 Å². The highest BCUT2D eigenvalue weighted by atomic mass is 35.5. The highest BCUT2D eigenvalue weighted by molar-refractivity contribution is 5.86. The lowest BCUT2D eigenvalue weighted by Gasteiger charge is -2.32. The molecule has 1 aromatic carbocycles. The molecule has 28 heavy (non-hydrogen) atoms. The molecule has 0 radical (unpaired) electrons. The largest absolute Gasteiger partial charge is 0.412 e. The van der Waals surface area contributed by atoms with Crippen molar-refractivity contribution in [3.63, 3.8) is 0 Å². The molecular weight excluding hydrogens is 423 g/mol. The molecule has 3 rings (SSSR count). The summed E-state index contributed by atoms with van der Waals surface area (Å²) in [7, 11) is 0. The van der Waals surface area contributed by atoms with Crippen molar-refractivity contribution < 1.29 is 5.48 Å². The summed E-state index contributed by atoms with van der Waals surface area (Å²) in [4.78, 5) is 11.2. The molecule has 10 heteroatoms. The summed E-state index contributed by atoms with van der Waals surface area (Å²) in [6.45, 7) is 7.04. The Labute approximate surface area is 185 Å². The molecule has 1 unspecified atom stereocenters. The average molecular weight is 454 g/mol. The molecule has 0 saturated heterocycles. The minimum Gasteiger partial charge on any atom is -0.412 e. The standard InChI is InChI=1S/C18H26N6.3ClH.H2O/c1-3-10-24(11-4-2)17-15-16(22-18(19)23-17)20-12-14(21-15)13-8-6-5-7-9-13;;;;/h5-9,14,21H,3-4,10-12H2,1-2H3,(H3,19,20,22,23);3*1H;1H2. The van der Waals surface area contributed by atoms with Crippen molar-refractivity contribution in [2.45, 2.75) is 32.7 Å². The summed E-state index contributed by atoms with van der Waals surface area (Å²) in [5.41, 5.74) is 8.14. The number of aromatic nitrogens is 2. The Morgan fingerprint density at radius 3 is 2.21 bits per heavy atom. The fourth-order valence-corrected chi connectivity index (χ4v) is 3.13. The maximum atomic E-state index is 5.94. The summed E-state index contributed by atoms with van der Waals surface area (Å²) in [5, 5.41) is 7.03. The first-order valence-corrected chi connectivity index (χ1v) is 8.70. The number of hydrogen-bond donors (Lipinski definition) is 3. The summed E-state index contributed by atoms with van der Waals surface area (Å²) >= 11 is 0. The lowest BCUT2D eigenvalue weighted by atomic mass is 10.0. The number of nitrogens with zero attached hydrogens (tertiary/aromatic N) is 3. The van der Waals surface area contributed by atoms with Gasteiger partial charge in [0.2, 0.25) is 5.95 Å². The Morgan fingerprint density at radius 2 is 1.64 bits per heavy atom. The van der Waals surface area contributed by atoms with Crippen molar-refractivity contribution in [3.05, 3.63) is 35.9 Å². The molecule has 1 aliphatic rings. The first-order valence-electron chi connectivity index (χ1n) is 8.70. The van der Waals surface area contributed by atoms with Crippen LogP contribution < -0.4 is 21.3 Å². The number of anilines is 4. The van der Waals surface area contributed by atoms with E-state index < -0.39 is 0 Å². The van der Waals surface area contributed by atoms with Gasteiger partial charge < -0.3 is 26.7 Å². The SMILES string of the molecule is CCCN(CCC)c1nc(N)nc2c1NC(c1ccccc1)CN2.Cl.Cl.Cl.O. The van der Waals surface area contributed by atoms with Crippen molar-refractivity contribution in [2.75, 3.05) is 40.9 Å². The van der Waals surface area contributed by atoms with Crippen LogP contribution >= 0.6 is 37.2 Å². The number of nitrogens with two attached hydrogens (primary N) is 1. The third kappa shape index (κ3) is 6.44. The summed E-state index contributed by atoms with van der Waals surface area (Å²) in [6, 6.07) is 10.6. The van der Waals surface area contributed by atoms with E-state index in [9.17, 15) is 0 Å². The van der Waals surface area contributed by atoms with E-state index in [1.807, 2.05) is 6.07 Å². The maximum Gasteiger partial charge on any atom is 0.224 e. The van der Waals surface area contributed by atoms with Crippen molar-refractivity contribution in [1.29, 1.82) is 0 Å². The first-order chi connectivity index (χ1) is 11.7. The van der Waals surface area contributed by atoms with Gasteiger partial charge in [0, 0.05) is 19.6 Å². The number of rotatable bonds is 6. The molecule has 0 saturated carbocycles. The van der Waals surface area contributed by atoms with E-state index >= 15 is 0 Å². The van der Waals surface area contributed by atoms with Gasteiger partial charge in [-0.2, -0.15) is 9.97 Å². The molecule has 1 atom stereocenters. The average Bonchev–Trinajstić information content (AvgIpc) is 2.61. The summed E-state index contributed by atoms with van der Waals surface area (Å²) in [6.07, 6.45) is 2.13. The van der Waals surface area contributed by atoms with E-state index in [2.05, 4.69) is 63.6 Å². The quantitative estimate of drug-likeness (QED) is 0.615. The van der Waals surface area contributed by atoms with Crippen LogP contribution in [0.2, 0.25) is 0 Å². The third-order valence-electron chi connectivity index (χ3n) is 4.19. The molecule has 1 aromatic heterocycles. The lowest BCUT2D eigenvalue weighted by Crippen LogP contribution is -2.32. The van der Waals surface area contributed by atoms with Gasteiger partial charge in [0.25, 0.3) is 0 Å². The van der Waals surface area contributed by atoms with Gasteiger partial charge in [-0.15, -0.1) is 37.2 Å². The van der Waals surface area contributed by atoms with Crippen LogP contribution in [0.4, 0.5) is 23.3 Å². The van der Waals surface area contributed by atoms with Crippen molar-refractivity contribution in [2.24, 2.45) is 0 Å². The fourth-order valence-electron chi connectivity index (χ4n) is 3.13. The Hall–Kier alpha value is -1.67. The number of fused-ring (bicyclic) bond motifs is 1. The van der Waals surface area contributed by atoms with Crippen LogP contribution in [0.3, 0.4) is 0 Å². The molecule has 2 heterocycles. The Balaban J connectivity index is 0. The molecule has 0 aliphatic carbocycles. The Bertz CT molecular complexity index is 687. The maximum absolute atomic E-state index is 5.94. The fraction of sp³-hybridized carbons (Fsp3) is 0.444. The van der Waals surface area contributed by atoms with E-state index in [4.69, 9.17) is 5.73 Å². The van der Waals surface area contributed by atoms with Crippen LogP contribution in [0.25, 0.3) is 0 Å². The smallest absolute Gasteiger partial charge is 0.224 e. The second-order valence-electron chi connectivity index (χ2n) is 6.10. The number of hydrogen-bond acceptors (Lipinski definition) is 6. The van der Waals surface area contributed by atoms with E-state index in [0.29, 0.717) is 5.95 Å². The van der Waals surface area contributed by atoms with Crippen LogP contribution in [0.1, 0.15) is 38.3 Å². The van der Waals surface area contributed by atoms with Crippen LogP contribution in [0, 0.1) is 0 Å². The highest BCUT2D eigenvalue weighted by Crippen LogP contribution is 2.37. The van der Waals surface area contributed by atoms with Gasteiger partial charge in [-0.25, -0.2) is 0 Å². The minimum atomic E-state index is 0. The molecule has 0 fully saturated rings. The first kappa shape index (κ1) is 28.5. The van der Waals surface area contributed by atoms with Crippen LogP contribution in [0.15, 0.2) is 30.3 Å². The van der Waals surface area contributed by atoms with Gasteiger partial charge in [-0.3, -0.25) is 0 Å². The molecule has 0 bridgehead atoms. The number of benzene rings is 1. The highest BCUT2D eigenvalue weighted by Gasteiger charge is 2.25. The summed E-state index contributed by atoms with van der Waals surface area (Å²) in [5.74, 6) is 2.00. The Kier molecular flexibility index (Phi) is 13.8. The Morgan fingerprint density at radius 1 is 1.04 bits per heavy atom. The zero-order valence-electron chi connectivity index (χ0n) is 16.1. The topological polar surface area (TPSA) is 111 Å². The van der Waals surface area contributed by atoms with Gasteiger partial charge in [0.1, 0.15) is 5.69 Å². The predicted molar refractivity (Wildman–Crippen MR) is 126 cm³/mol. The molecule has 0 spiro atoms. The molecule has 7 nitrogen and oxygen atoms in total. The van der Waals surface area contributed by atoms with Crippen LogP contribution in [0.5, 0.6) is 0 Å². The van der Waals surface area contributed by atoms with Gasteiger partial charge in [-0.1, -0.05) is 44.2 Å². The van der Waals surface area contributed by atoms with Crippen LogP contribution in [-0.4, -0.2) is 35.1 Å². The number of nitrogen functional groups attached to an aromatic ring is 1. The van der Waals surface area contributed by atoms with Gasteiger partial charge in [0.15, 0.2) is 11.6 Å². The van der Waals surface area contributed by atoms with Gasteiger partial charge in [0.05, 0.1) is 6.04 Å². The molecule has 0 amide bonds. The van der Waals surface area contributed by atoms with Crippen molar-refractivity contribution in [1.82, 2.24) is 9.97 Å². The normalized spacial score (nSPS) is 13.7. The van der Waals surface area contributed by atoms with Crippen molar-refractivity contribution >= 4 is 60.5 Å². The molecule has 6 N–H and O–H groups in total. The van der Waals surface area contributed by atoms with Crippen LogP contribution in [-0.2, 0) is 0 Å².